The van der Waals surface area contributed by atoms with Gasteiger partial charge in [-0.3, -0.25) is 9.59 Å². The average Bonchev–Trinajstić information content (AvgIpc) is 2.34. The van der Waals surface area contributed by atoms with Crippen molar-refractivity contribution >= 4 is 36.2 Å². The minimum absolute atomic E-state index is 0.131. The molecule has 1 aliphatic rings. The molecule has 0 bridgehead atoms. The van der Waals surface area contributed by atoms with E-state index in [1.54, 1.807) is 0 Å². The second kappa shape index (κ2) is 7.87. The van der Waals surface area contributed by atoms with Crippen LogP contribution >= 0.6 is 24.4 Å². The monoisotopic (exact) mass is 276 g/mol. The van der Waals surface area contributed by atoms with Crippen molar-refractivity contribution < 1.29 is 9.59 Å². The molecule has 1 heterocycles. The van der Waals surface area contributed by atoms with E-state index in [1.807, 2.05) is 11.8 Å². The molecule has 1 aliphatic heterocycles. The largest absolute Gasteiger partial charge is 0.354 e. The lowest BCUT2D eigenvalue weighted by Gasteiger charge is -2.23. The SMILES string of the molecule is CC(=O)NC(CS)C(=O)NCC1CCSCC1. The van der Waals surface area contributed by atoms with E-state index in [2.05, 4.69) is 23.3 Å². The Labute approximate surface area is 112 Å². The minimum Gasteiger partial charge on any atom is -0.354 e. The number of hydrogen-bond donors (Lipinski definition) is 3. The number of thiol groups is 1. The van der Waals surface area contributed by atoms with E-state index >= 15 is 0 Å². The molecule has 0 aromatic rings. The first-order valence-corrected chi connectivity index (χ1v) is 7.65. The van der Waals surface area contributed by atoms with E-state index in [-0.39, 0.29) is 11.8 Å². The van der Waals surface area contributed by atoms with Crippen molar-refractivity contribution in [2.75, 3.05) is 23.8 Å². The molecule has 2 N–H and O–H groups in total. The number of nitrogens with one attached hydrogen (secondary N) is 2. The molecule has 1 atom stereocenters. The van der Waals surface area contributed by atoms with Gasteiger partial charge in [-0.2, -0.15) is 24.4 Å². The van der Waals surface area contributed by atoms with Crippen molar-refractivity contribution in [3.8, 4) is 0 Å². The normalized spacial score (nSPS) is 18.5. The van der Waals surface area contributed by atoms with Crippen LogP contribution in [0.4, 0.5) is 0 Å². The third-order valence-electron chi connectivity index (χ3n) is 2.78. The van der Waals surface area contributed by atoms with Crippen molar-refractivity contribution in [2.45, 2.75) is 25.8 Å². The predicted octanol–water partition coefficient (Wildman–Crippen LogP) is 0.680. The summed E-state index contributed by atoms with van der Waals surface area (Å²) in [6.45, 7) is 2.12. The van der Waals surface area contributed by atoms with Gasteiger partial charge in [0.15, 0.2) is 0 Å². The number of hydrogen-bond acceptors (Lipinski definition) is 4. The van der Waals surface area contributed by atoms with Gasteiger partial charge in [-0.15, -0.1) is 0 Å². The highest BCUT2D eigenvalue weighted by molar-refractivity contribution is 7.99. The van der Waals surface area contributed by atoms with Gasteiger partial charge in [0.1, 0.15) is 6.04 Å². The summed E-state index contributed by atoms with van der Waals surface area (Å²) in [5.74, 6) is 2.94. The number of rotatable bonds is 5. The van der Waals surface area contributed by atoms with Gasteiger partial charge in [-0.05, 0) is 30.3 Å². The molecule has 0 aromatic heterocycles. The molecule has 1 saturated heterocycles. The van der Waals surface area contributed by atoms with Gasteiger partial charge in [0.25, 0.3) is 0 Å². The van der Waals surface area contributed by atoms with Crippen LogP contribution in [0.5, 0.6) is 0 Å². The van der Waals surface area contributed by atoms with Crippen LogP contribution in [0.2, 0.25) is 0 Å². The fourth-order valence-electron chi connectivity index (χ4n) is 1.76. The molecule has 2 amide bonds. The predicted molar refractivity (Wildman–Crippen MR) is 74.5 cm³/mol. The first-order chi connectivity index (χ1) is 8.13. The molecule has 0 radical (unpaired) electrons. The molecule has 1 unspecified atom stereocenters. The Bertz CT molecular complexity index is 268. The van der Waals surface area contributed by atoms with Crippen LogP contribution in [0.15, 0.2) is 0 Å². The maximum Gasteiger partial charge on any atom is 0.243 e. The van der Waals surface area contributed by atoms with Crippen molar-refractivity contribution in [1.29, 1.82) is 0 Å². The Hall–Kier alpha value is -0.360. The quantitative estimate of drug-likeness (QED) is 0.647. The van der Waals surface area contributed by atoms with Crippen molar-refractivity contribution in [3.05, 3.63) is 0 Å². The number of thioether (sulfide) groups is 1. The number of amides is 2. The zero-order valence-electron chi connectivity index (χ0n) is 10.1. The average molecular weight is 276 g/mol. The summed E-state index contributed by atoms with van der Waals surface area (Å²) >= 11 is 6.04. The molecule has 0 aliphatic carbocycles. The van der Waals surface area contributed by atoms with Gasteiger partial charge in [0.2, 0.25) is 11.8 Å². The van der Waals surface area contributed by atoms with Crippen LogP contribution in [0, 0.1) is 5.92 Å². The van der Waals surface area contributed by atoms with E-state index < -0.39 is 6.04 Å². The number of carbonyl (C=O) groups is 2. The molecule has 1 rings (SSSR count). The maximum absolute atomic E-state index is 11.8. The van der Waals surface area contributed by atoms with E-state index in [0.29, 0.717) is 18.2 Å². The lowest BCUT2D eigenvalue weighted by atomic mass is 10.0. The summed E-state index contributed by atoms with van der Waals surface area (Å²) in [6.07, 6.45) is 2.33. The van der Waals surface area contributed by atoms with Crippen molar-refractivity contribution in [1.82, 2.24) is 10.6 Å². The lowest BCUT2D eigenvalue weighted by Crippen LogP contribution is -2.48. The second-order valence-corrected chi connectivity index (χ2v) is 5.83. The first-order valence-electron chi connectivity index (χ1n) is 5.87. The topological polar surface area (TPSA) is 58.2 Å². The molecule has 4 nitrogen and oxygen atoms in total. The summed E-state index contributed by atoms with van der Waals surface area (Å²) in [4.78, 5) is 22.7. The van der Waals surface area contributed by atoms with E-state index in [0.717, 1.165) is 12.8 Å². The molecule has 0 saturated carbocycles. The van der Waals surface area contributed by atoms with Gasteiger partial charge in [0.05, 0.1) is 0 Å². The molecular weight excluding hydrogens is 256 g/mol. The highest BCUT2D eigenvalue weighted by Crippen LogP contribution is 2.21. The zero-order valence-corrected chi connectivity index (χ0v) is 11.8. The van der Waals surface area contributed by atoms with Crippen LogP contribution in [-0.4, -0.2) is 41.7 Å². The Kier molecular flexibility index (Phi) is 6.80. The standard InChI is InChI=1S/C11H20N2O2S2/c1-8(14)13-10(7-16)11(15)12-6-9-2-4-17-5-3-9/h9-10,16H,2-7H2,1H3,(H,12,15)(H,13,14). The Morgan fingerprint density at radius 2 is 2.06 bits per heavy atom. The molecule has 6 heteroatoms. The highest BCUT2D eigenvalue weighted by Gasteiger charge is 2.19. The van der Waals surface area contributed by atoms with Gasteiger partial charge in [-0.1, -0.05) is 0 Å². The zero-order chi connectivity index (χ0) is 12.7. The van der Waals surface area contributed by atoms with Gasteiger partial charge < -0.3 is 10.6 Å². The third kappa shape index (κ3) is 5.68. The third-order valence-corrected chi connectivity index (χ3v) is 4.20. The minimum atomic E-state index is -0.520. The fraction of sp³-hybridized carbons (Fsp3) is 0.818. The molecular formula is C11H20N2O2S2. The first kappa shape index (κ1) is 14.7. The second-order valence-electron chi connectivity index (χ2n) is 4.24. The van der Waals surface area contributed by atoms with Gasteiger partial charge in [-0.25, -0.2) is 0 Å². The maximum atomic E-state index is 11.8. The van der Waals surface area contributed by atoms with Crippen LogP contribution in [0.3, 0.4) is 0 Å². The Morgan fingerprint density at radius 3 is 2.59 bits per heavy atom. The van der Waals surface area contributed by atoms with Crippen LogP contribution in [0.1, 0.15) is 19.8 Å². The molecule has 0 aromatic carbocycles. The van der Waals surface area contributed by atoms with Crippen LogP contribution < -0.4 is 10.6 Å². The molecule has 17 heavy (non-hydrogen) atoms. The van der Waals surface area contributed by atoms with E-state index in [4.69, 9.17) is 0 Å². The molecule has 0 spiro atoms. The van der Waals surface area contributed by atoms with Crippen molar-refractivity contribution in [2.24, 2.45) is 5.92 Å². The summed E-state index contributed by atoms with van der Waals surface area (Å²) in [5.41, 5.74) is 0. The van der Waals surface area contributed by atoms with E-state index in [1.165, 1.54) is 18.4 Å². The molecule has 1 fully saturated rings. The van der Waals surface area contributed by atoms with Crippen LogP contribution in [-0.2, 0) is 9.59 Å². The van der Waals surface area contributed by atoms with Crippen LogP contribution in [0.25, 0.3) is 0 Å². The number of carbonyl (C=O) groups excluding carboxylic acids is 2. The van der Waals surface area contributed by atoms with E-state index in [9.17, 15) is 9.59 Å². The summed E-state index contributed by atoms with van der Waals surface area (Å²) in [7, 11) is 0. The fourth-order valence-corrected chi connectivity index (χ4v) is 3.22. The lowest BCUT2D eigenvalue weighted by molar-refractivity contribution is -0.127. The summed E-state index contributed by atoms with van der Waals surface area (Å²) < 4.78 is 0. The highest BCUT2D eigenvalue weighted by atomic mass is 32.2. The Morgan fingerprint density at radius 1 is 1.41 bits per heavy atom. The summed E-state index contributed by atoms with van der Waals surface area (Å²) in [5, 5.41) is 5.48. The van der Waals surface area contributed by atoms with Crippen molar-refractivity contribution in [3.63, 3.8) is 0 Å². The summed E-state index contributed by atoms with van der Waals surface area (Å²) in [6, 6.07) is -0.520. The van der Waals surface area contributed by atoms with Gasteiger partial charge >= 0.3 is 0 Å². The molecule has 98 valence electrons. The Balaban J connectivity index is 2.28. The smallest absolute Gasteiger partial charge is 0.243 e. The van der Waals surface area contributed by atoms with Gasteiger partial charge in [0, 0.05) is 19.2 Å².